The monoisotopic (exact) mass is 399 g/mol. The summed E-state index contributed by atoms with van der Waals surface area (Å²) in [6.45, 7) is 1.98. The topological polar surface area (TPSA) is 75.2 Å². The van der Waals surface area contributed by atoms with Gasteiger partial charge in [-0.25, -0.2) is 28.3 Å². The lowest BCUT2D eigenvalue weighted by Crippen LogP contribution is -2.41. The molecule has 0 spiro atoms. The molecule has 2 atom stereocenters. The quantitative estimate of drug-likeness (QED) is 0.570. The fraction of sp³-hybridized carbons (Fsp3) is 0.471. The zero-order valence-corrected chi connectivity index (χ0v) is 15.7. The van der Waals surface area contributed by atoms with Gasteiger partial charge in [0.2, 0.25) is 0 Å². The van der Waals surface area contributed by atoms with E-state index in [1.807, 2.05) is 12.1 Å². The maximum atomic E-state index is 12.9. The summed E-state index contributed by atoms with van der Waals surface area (Å²) in [5, 5.41) is 0.582. The van der Waals surface area contributed by atoms with E-state index in [1.165, 1.54) is 9.36 Å². The van der Waals surface area contributed by atoms with E-state index in [2.05, 4.69) is 0 Å². The molecule has 2 unspecified atom stereocenters. The number of benzene rings is 1. The van der Waals surface area contributed by atoms with Crippen molar-refractivity contribution >= 4 is 29.2 Å². The Labute approximate surface area is 159 Å². The smallest absolute Gasteiger partial charge is 0.348 e. The van der Waals surface area contributed by atoms with Crippen molar-refractivity contribution in [3.05, 3.63) is 55.8 Å². The summed E-state index contributed by atoms with van der Waals surface area (Å²) in [7, 11) is 0. The molecule has 1 aliphatic rings. The maximum Gasteiger partial charge on any atom is 0.348 e. The van der Waals surface area contributed by atoms with Crippen molar-refractivity contribution in [2.45, 2.75) is 38.4 Å². The van der Waals surface area contributed by atoms with Crippen LogP contribution in [0.2, 0.25) is 5.02 Å². The zero-order valence-electron chi connectivity index (χ0n) is 14.2. The van der Waals surface area contributed by atoms with E-state index in [4.69, 9.17) is 27.9 Å². The van der Waals surface area contributed by atoms with Crippen LogP contribution in [0.1, 0.15) is 37.4 Å². The van der Waals surface area contributed by atoms with E-state index < -0.39 is 23.4 Å². The van der Waals surface area contributed by atoms with Crippen LogP contribution in [-0.2, 0) is 16.1 Å². The molecule has 0 amide bonds. The second-order valence-electron chi connectivity index (χ2n) is 6.01. The van der Waals surface area contributed by atoms with Crippen molar-refractivity contribution in [3.8, 4) is 0 Å². The molecule has 1 aliphatic heterocycles. The minimum Gasteiger partial charge on any atom is -0.464 e. The van der Waals surface area contributed by atoms with Crippen LogP contribution in [0.5, 0.6) is 0 Å². The molecular formula is C17H19Cl2N3O4. The molecule has 1 aromatic carbocycles. The Hall–Kier alpha value is -1.99. The molecule has 2 aromatic rings. The van der Waals surface area contributed by atoms with Crippen LogP contribution in [0, 0.1) is 0 Å². The SMILES string of the molecule is CCOC(=O)C1CCC(c2ccc(Cl)cc2)n2c(=O)n(CCCl)c(=O)n21. The van der Waals surface area contributed by atoms with Crippen LogP contribution < -0.4 is 11.4 Å². The van der Waals surface area contributed by atoms with Crippen LogP contribution in [-0.4, -0.2) is 32.4 Å². The molecule has 0 N–H and O–H groups in total. The largest absolute Gasteiger partial charge is 0.464 e. The minimum atomic E-state index is -0.824. The molecule has 0 bridgehead atoms. The second kappa shape index (κ2) is 7.72. The van der Waals surface area contributed by atoms with Gasteiger partial charge in [-0.15, -0.1) is 11.6 Å². The van der Waals surface area contributed by atoms with Crippen LogP contribution in [0.15, 0.2) is 33.9 Å². The summed E-state index contributed by atoms with van der Waals surface area (Å²) >= 11 is 11.7. The van der Waals surface area contributed by atoms with Gasteiger partial charge in [-0.1, -0.05) is 23.7 Å². The van der Waals surface area contributed by atoms with Gasteiger partial charge >= 0.3 is 17.3 Å². The van der Waals surface area contributed by atoms with Gasteiger partial charge in [0.1, 0.15) is 0 Å². The van der Waals surface area contributed by atoms with Crippen LogP contribution in [0.25, 0.3) is 0 Å². The Balaban J connectivity index is 2.17. The summed E-state index contributed by atoms with van der Waals surface area (Å²) in [6.07, 6.45) is 0.922. The Morgan fingerprint density at radius 2 is 1.81 bits per heavy atom. The van der Waals surface area contributed by atoms with Gasteiger partial charge in [-0.3, -0.25) is 0 Å². The van der Waals surface area contributed by atoms with Gasteiger partial charge in [-0.2, -0.15) is 0 Å². The van der Waals surface area contributed by atoms with Crippen molar-refractivity contribution in [1.82, 2.24) is 13.9 Å². The lowest BCUT2D eigenvalue weighted by atomic mass is 9.97. The van der Waals surface area contributed by atoms with Crippen LogP contribution in [0.3, 0.4) is 0 Å². The number of hydrogen-bond acceptors (Lipinski definition) is 4. The number of ether oxygens (including phenoxy) is 1. The Morgan fingerprint density at radius 3 is 2.42 bits per heavy atom. The van der Waals surface area contributed by atoms with Gasteiger partial charge in [0, 0.05) is 17.4 Å². The van der Waals surface area contributed by atoms with Gasteiger partial charge in [-0.05, 0) is 37.5 Å². The van der Waals surface area contributed by atoms with E-state index >= 15 is 0 Å². The Morgan fingerprint density at radius 1 is 1.15 bits per heavy atom. The molecule has 3 rings (SSSR count). The molecule has 1 aromatic heterocycles. The predicted octanol–water partition coefficient (Wildman–Crippen LogP) is 2.19. The molecule has 0 saturated heterocycles. The highest BCUT2D eigenvalue weighted by Gasteiger charge is 2.37. The number of carbonyl (C=O) groups excluding carboxylic acids is 1. The minimum absolute atomic E-state index is 0.0785. The van der Waals surface area contributed by atoms with Gasteiger partial charge in [0.05, 0.1) is 12.6 Å². The number of rotatable bonds is 5. The van der Waals surface area contributed by atoms with Crippen molar-refractivity contribution < 1.29 is 9.53 Å². The third kappa shape index (κ3) is 3.21. The lowest BCUT2D eigenvalue weighted by molar-refractivity contribution is -0.149. The second-order valence-corrected chi connectivity index (χ2v) is 6.82. The van der Waals surface area contributed by atoms with Gasteiger partial charge in [0.25, 0.3) is 0 Å². The van der Waals surface area contributed by atoms with E-state index in [0.29, 0.717) is 17.9 Å². The number of carbonyl (C=O) groups is 1. The first-order chi connectivity index (χ1) is 12.5. The molecule has 2 heterocycles. The molecular weight excluding hydrogens is 381 g/mol. The van der Waals surface area contributed by atoms with Crippen LogP contribution in [0.4, 0.5) is 0 Å². The molecule has 7 nitrogen and oxygen atoms in total. The first-order valence-corrected chi connectivity index (χ1v) is 9.32. The molecule has 0 radical (unpaired) electrons. The highest BCUT2D eigenvalue weighted by Crippen LogP contribution is 2.31. The molecule has 0 fully saturated rings. The van der Waals surface area contributed by atoms with E-state index in [1.54, 1.807) is 19.1 Å². The van der Waals surface area contributed by atoms with Gasteiger partial charge < -0.3 is 4.74 Å². The van der Waals surface area contributed by atoms with Gasteiger partial charge in [0.15, 0.2) is 6.04 Å². The normalized spacial score (nSPS) is 19.2. The van der Waals surface area contributed by atoms with E-state index in [-0.39, 0.29) is 25.1 Å². The number of fused-ring (bicyclic) bond motifs is 1. The fourth-order valence-corrected chi connectivity index (χ4v) is 3.66. The molecule has 0 saturated carbocycles. The van der Waals surface area contributed by atoms with Crippen LogP contribution >= 0.6 is 23.2 Å². The number of nitrogens with zero attached hydrogens (tertiary/aromatic N) is 3. The molecule has 140 valence electrons. The number of esters is 1. The average Bonchev–Trinajstić information content (AvgIpc) is 2.88. The molecule has 0 aliphatic carbocycles. The Kier molecular flexibility index (Phi) is 5.58. The third-order valence-electron chi connectivity index (χ3n) is 4.51. The van der Waals surface area contributed by atoms with E-state index in [0.717, 1.165) is 10.1 Å². The number of halogens is 2. The van der Waals surface area contributed by atoms with Crippen molar-refractivity contribution in [3.63, 3.8) is 0 Å². The fourth-order valence-electron chi connectivity index (χ4n) is 3.37. The summed E-state index contributed by atoms with van der Waals surface area (Å²) in [6, 6.07) is 5.91. The van der Waals surface area contributed by atoms with Crippen molar-refractivity contribution in [1.29, 1.82) is 0 Å². The highest BCUT2D eigenvalue weighted by atomic mass is 35.5. The first kappa shape index (κ1) is 18.8. The summed E-state index contributed by atoms with van der Waals surface area (Å²) in [5.74, 6) is -0.393. The predicted molar refractivity (Wildman–Crippen MR) is 98.2 cm³/mol. The highest BCUT2D eigenvalue weighted by molar-refractivity contribution is 6.30. The Bertz CT molecular complexity index is 914. The summed E-state index contributed by atoms with van der Waals surface area (Å²) < 4.78 is 8.72. The third-order valence-corrected chi connectivity index (χ3v) is 4.93. The number of aromatic nitrogens is 3. The number of alkyl halides is 1. The molecule has 26 heavy (non-hydrogen) atoms. The number of hydrogen-bond donors (Lipinski definition) is 0. The van der Waals surface area contributed by atoms with E-state index in [9.17, 15) is 14.4 Å². The first-order valence-electron chi connectivity index (χ1n) is 8.41. The summed E-state index contributed by atoms with van der Waals surface area (Å²) in [5.41, 5.74) is -0.187. The summed E-state index contributed by atoms with van der Waals surface area (Å²) in [4.78, 5) is 38.0. The maximum absolute atomic E-state index is 12.9. The lowest BCUT2D eigenvalue weighted by Gasteiger charge is -2.30. The average molecular weight is 400 g/mol. The molecule has 9 heteroatoms. The zero-order chi connectivity index (χ0) is 18.8. The van der Waals surface area contributed by atoms with Crippen molar-refractivity contribution in [2.75, 3.05) is 12.5 Å². The van der Waals surface area contributed by atoms with Crippen molar-refractivity contribution in [2.24, 2.45) is 0 Å². The standard InChI is InChI=1S/C17H19Cl2N3O4/c1-2-26-15(23)14-8-7-13(11-3-5-12(19)6-4-11)21-16(24)20(10-9-18)17(25)22(14)21/h3-6,13-14H,2,7-10H2,1H3.